The lowest BCUT2D eigenvalue weighted by atomic mass is 9.88. The Morgan fingerprint density at radius 2 is 1.76 bits per heavy atom. The lowest BCUT2D eigenvalue weighted by Crippen LogP contribution is -2.47. The van der Waals surface area contributed by atoms with E-state index in [-0.39, 0.29) is 29.0 Å². The smallest absolute Gasteiger partial charge is 0.243 e. The number of rotatable bonds is 10. The van der Waals surface area contributed by atoms with Crippen LogP contribution in [-0.4, -0.2) is 93.1 Å². The standard InChI is InChI=1S/C28H34N4O7S2/c1-40(34,35)26-6-3-5-25(13-26)38-19-24(33)17-31-23-14-28(39-18-23)8-10-32(11-9-28)41(36,37)27-7-2-4-21(12-27)22-15-29-20-30-16-22/h2-7,12-13,15-16,20,23-24,31,33H,8-11,14,17-19H2,1H3. The van der Waals surface area contributed by atoms with Crippen LogP contribution >= 0.6 is 0 Å². The highest BCUT2D eigenvalue weighted by Crippen LogP contribution is 2.37. The Bertz CT molecular complexity index is 1560. The first-order valence-corrected chi connectivity index (χ1v) is 16.7. The fourth-order valence-corrected chi connectivity index (χ4v) is 7.38. The highest BCUT2D eigenvalue weighted by molar-refractivity contribution is 7.90. The van der Waals surface area contributed by atoms with Crippen molar-refractivity contribution in [2.45, 2.75) is 46.8 Å². The maximum atomic E-state index is 13.4. The second-order valence-corrected chi connectivity index (χ2v) is 14.5. The number of aliphatic hydroxyl groups is 1. The molecule has 2 aromatic carbocycles. The molecule has 1 aromatic heterocycles. The lowest BCUT2D eigenvalue weighted by Gasteiger charge is -2.38. The van der Waals surface area contributed by atoms with E-state index in [0.717, 1.165) is 17.4 Å². The Morgan fingerprint density at radius 1 is 1.05 bits per heavy atom. The quantitative estimate of drug-likeness (QED) is 0.352. The summed E-state index contributed by atoms with van der Waals surface area (Å²) < 4.78 is 63.6. The van der Waals surface area contributed by atoms with Crippen molar-refractivity contribution >= 4 is 19.9 Å². The van der Waals surface area contributed by atoms with Gasteiger partial charge in [0.05, 0.1) is 22.0 Å². The van der Waals surface area contributed by atoms with Crippen LogP contribution in [0.2, 0.25) is 0 Å². The van der Waals surface area contributed by atoms with Gasteiger partial charge in [-0.15, -0.1) is 0 Å². The first-order valence-electron chi connectivity index (χ1n) is 13.4. The molecule has 41 heavy (non-hydrogen) atoms. The molecule has 0 radical (unpaired) electrons. The van der Waals surface area contributed by atoms with E-state index in [1.54, 1.807) is 42.7 Å². The zero-order valence-corrected chi connectivity index (χ0v) is 24.4. The molecule has 0 bridgehead atoms. The predicted molar refractivity (Wildman–Crippen MR) is 152 cm³/mol. The summed E-state index contributed by atoms with van der Waals surface area (Å²) in [6.45, 7) is 1.47. The third-order valence-electron chi connectivity index (χ3n) is 7.53. The van der Waals surface area contributed by atoms with Crippen molar-refractivity contribution in [2.24, 2.45) is 0 Å². The summed E-state index contributed by atoms with van der Waals surface area (Å²) in [5, 5.41) is 13.7. The minimum Gasteiger partial charge on any atom is -0.491 e. The number of nitrogens with one attached hydrogen (secondary N) is 1. The van der Waals surface area contributed by atoms with Gasteiger partial charge < -0.3 is 19.9 Å². The fourth-order valence-electron chi connectivity index (χ4n) is 5.24. The Kier molecular flexibility index (Phi) is 8.73. The number of aromatic nitrogens is 2. The third kappa shape index (κ3) is 7.11. The van der Waals surface area contributed by atoms with E-state index in [1.807, 2.05) is 6.07 Å². The van der Waals surface area contributed by atoms with E-state index in [9.17, 15) is 21.9 Å². The van der Waals surface area contributed by atoms with Crippen LogP contribution < -0.4 is 10.1 Å². The van der Waals surface area contributed by atoms with Crippen LogP contribution in [0.1, 0.15) is 19.3 Å². The van der Waals surface area contributed by atoms with Crippen molar-refractivity contribution in [3.8, 4) is 16.9 Å². The molecular formula is C28H34N4O7S2. The van der Waals surface area contributed by atoms with Crippen LogP contribution in [0, 0.1) is 0 Å². The molecule has 2 aliphatic heterocycles. The maximum Gasteiger partial charge on any atom is 0.243 e. The summed E-state index contributed by atoms with van der Waals surface area (Å²) in [7, 11) is -7.02. The summed E-state index contributed by atoms with van der Waals surface area (Å²) in [5.74, 6) is 0.373. The number of hydrogen-bond donors (Lipinski definition) is 2. The average molecular weight is 603 g/mol. The number of piperidine rings is 1. The second kappa shape index (κ2) is 12.1. The first-order chi connectivity index (χ1) is 19.5. The van der Waals surface area contributed by atoms with Crippen molar-refractivity contribution < 1.29 is 31.4 Å². The summed E-state index contributed by atoms with van der Waals surface area (Å²) in [5.41, 5.74) is 1.08. The molecule has 13 heteroatoms. The molecule has 3 aromatic rings. The van der Waals surface area contributed by atoms with Crippen molar-refractivity contribution in [1.82, 2.24) is 19.6 Å². The SMILES string of the molecule is CS(=O)(=O)c1cccc(OCC(O)CNC2COC3(CCN(S(=O)(=O)c4cccc(-c5cncnc5)c4)CC3)C2)c1. The summed E-state index contributed by atoms with van der Waals surface area (Å²) in [6.07, 6.45) is 6.94. The van der Waals surface area contributed by atoms with Gasteiger partial charge in [-0.2, -0.15) is 4.31 Å². The number of sulfonamides is 1. The number of nitrogens with zero attached hydrogens (tertiary/aromatic N) is 3. The van der Waals surface area contributed by atoms with E-state index in [1.165, 1.54) is 22.8 Å². The molecule has 2 unspecified atom stereocenters. The van der Waals surface area contributed by atoms with Crippen LogP contribution in [-0.2, 0) is 24.6 Å². The number of ether oxygens (including phenoxy) is 2. The van der Waals surface area contributed by atoms with Crippen molar-refractivity contribution in [3.63, 3.8) is 0 Å². The zero-order valence-electron chi connectivity index (χ0n) is 22.7. The largest absolute Gasteiger partial charge is 0.491 e. The van der Waals surface area contributed by atoms with Gasteiger partial charge >= 0.3 is 0 Å². The molecule has 0 amide bonds. The summed E-state index contributed by atoms with van der Waals surface area (Å²) >= 11 is 0. The molecule has 2 saturated heterocycles. The van der Waals surface area contributed by atoms with Gasteiger partial charge in [0.2, 0.25) is 10.0 Å². The van der Waals surface area contributed by atoms with Gasteiger partial charge in [-0.1, -0.05) is 18.2 Å². The van der Waals surface area contributed by atoms with E-state index in [2.05, 4.69) is 15.3 Å². The van der Waals surface area contributed by atoms with Gasteiger partial charge in [-0.05, 0) is 55.2 Å². The predicted octanol–water partition coefficient (Wildman–Crippen LogP) is 1.89. The normalized spacial score (nSPS) is 20.2. The highest BCUT2D eigenvalue weighted by atomic mass is 32.2. The van der Waals surface area contributed by atoms with Crippen molar-refractivity contribution in [2.75, 3.05) is 39.1 Å². The first kappa shape index (κ1) is 29.5. The molecular weight excluding hydrogens is 568 g/mol. The summed E-state index contributed by atoms with van der Waals surface area (Å²) in [6, 6.07) is 13.0. The molecule has 2 fully saturated rings. The van der Waals surface area contributed by atoms with Gasteiger partial charge in [0.1, 0.15) is 24.8 Å². The van der Waals surface area contributed by atoms with Gasteiger partial charge in [0.15, 0.2) is 9.84 Å². The van der Waals surface area contributed by atoms with E-state index >= 15 is 0 Å². The van der Waals surface area contributed by atoms with E-state index in [0.29, 0.717) is 44.7 Å². The van der Waals surface area contributed by atoms with Crippen molar-refractivity contribution in [3.05, 3.63) is 67.3 Å². The monoisotopic (exact) mass is 602 g/mol. The van der Waals surface area contributed by atoms with Gasteiger partial charge in [-0.25, -0.2) is 26.8 Å². The Hall–Kier alpha value is -2.94. The number of sulfone groups is 1. The zero-order chi connectivity index (χ0) is 29.1. The van der Waals surface area contributed by atoms with Crippen LogP contribution in [0.15, 0.2) is 77.0 Å². The average Bonchev–Trinajstić information content (AvgIpc) is 3.37. The van der Waals surface area contributed by atoms with Crippen LogP contribution in [0.25, 0.3) is 11.1 Å². The minimum absolute atomic E-state index is 0.00422. The third-order valence-corrected chi connectivity index (χ3v) is 10.5. The molecule has 2 aliphatic rings. The minimum atomic E-state index is -3.67. The van der Waals surface area contributed by atoms with Gasteiger partial charge in [0, 0.05) is 49.9 Å². The number of hydrogen-bond acceptors (Lipinski definition) is 10. The second-order valence-electron chi connectivity index (χ2n) is 10.6. The highest BCUT2D eigenvalue weighted by Gasteiger charge is 2.44. The molecule has 11 nitrogen and oxygen atoms in total. The van der Waals surface area contributed by atoms with Gasteiger partial charge in [-0.3, -0.25) is 0 Å². The molecule has 220 valence electrons. The molecule has 2 atom stereocenters. The van der Waals surface area contributed by atoms with Crippen LogP contribution in [0.4, 0.5) is 0 Å². The van der Waals surface area contributed by atoms with E-state index in [4.69, 9.17) is 9.47 Å². The molecule has 0 aliphatic carbocycles. The van der Waals surface area contributed by atoms with Crippen molar-refractivity contribution in [1.29, 1.82) is 0 Å². The summed E-state index contributed by atoms with van der Waals surface area (Å²) in [4.78, 5) is 8.43. The molecule has 1 spiro atoms. The Balaban J connectivity index is 1.10. The van der Waals surface area contributed by atoms with E-state index < -0.39 is 31.6 Å². The molecule has 2 N–H and O–H groups in total. The van der Waals surface area contributed by atoms with Crippen LogP contribution in [0.3, 0.4) is 0 Å². The number of aliphatic hydroxyl groups excluding tert-OH is 1. The lowest BCUT2D eigenvalue weighted by molar-refractivity contribution is -0.0312. The fraction of sp³-hybridized carbons (Fsp3) is 0.429. The number of benzene rings is 2. The Morgan fingerprint density at radius 3 is 2.49 bits per heavy atom. The molecule has 3 heterocycles. The maximum absolute atomic E-state index is 13.4. The molecule has 5 rings (SSSR count). The molecule has 0 saturated carbocycles. The Labute approximate surface area is 240 Å². The van der Waals surface area contributed by atoms with Crippen LogP contribution in [0.5, 0.6) is 5.75 Å². The van der Waals surface area contributed by atoms with Gasteiger partial charge in [0.25, 0.3) is 0 Å². The topological polar surface area (TPSA) is 148 Å².